The van der Waals surface area contributed by atoms with Crippen LogP contribution < -0.4 is 5.32 Å². The highest BCUT2D eigenvalue weighted by Crippen LogP contribution is 2.38. The zero-order chi connectivity index (χ0) is 24.9. The standard InChI is InChI=1S/C24H40N2O7/c1-22(2,3)32-20(29)17(14-24(31-16-27)11-7-8-12-24)15-25-19(28)18-10-9-13-26(18)21(30)33-23(4,5)6/h16-18H,7-15H2,1-6H3,(H,25,28)/t17-,18-/m0/s1. The van der Waals surface area contributed by atoms with Gasteiger partial charge in [0.2, 0.25) is 5.91 Å². The monoisotopic (exact) mass is 468 g/mol. The Morgan fingerprint density at radius 1 is 1.03 bits per heavy atom. The number of carbonyl (C=O) groups is 4. The van der Waals surface area contributed by atoms with E-state index in [1.165, 1.54) is 4.90 Å². The molecule has 1 N–H and O–H groups in total. The van der Waals surface area contributed by atoms with Crippen molar-refractivity contribution in [2.24, 2.45) is 5.92 Å². The minimum Gasteiger partial charge on any atom is -0.461 e. The van der Waals surface area contributed by atoms with Crippen LogP contribution in [-0.4, -0.2) is 65.3 Å². The number of hydrogen-bond donors (Lipinski definition) is 1. The molecule has 188 valence electrons. The second-order valence-electron chi connectivity index (χ2n) is 11.1. The summed E-state index contributed by atoms with van der Waals surface area (Å²) < 4.78 is 16.5. The number of esters is 1. The lowest BCUT2D eigenvalue weighted by molar-refractivity contribution is -0.165. The molecule has 9 nitrogen and oxygen atoms in total. The highest BCUT2D eigenvalue weighted by Gasteiger charge is 2.42. The number of amides is 2. The summed E-state index contributed by atoms with van der Waals surface area (Å²) in [5.41, 5.74) is -2.06. The number of nitrogens with zero attached hydrogens (tertiary/aromatic N) is 1. The lowest BCUT2D eigenvalue weighted by Gasteiger charge is -2.32. The van der Waals surface area contributed by atoms with Gasteiger partial charge >= 0.3 is 12.1 Å². The van der Waals surface area contributed by atoms with E-state index >= 15 is 0 Å². The molecule has 1 saturated carbocycles. The van der Waals surface area contributed by atoms with Gasteiger partial charge in [-0.2, -0.15) is 0 Å². The first-order chi connectivity index (χ1) is 15.3. The maximum Gasteiger partial charge on any atom is 0.410 e. The van der Waals surface area contributed by atoms with Gasteiger partial charge in [0, 0.05) is 19.5 Å². The van der Waals surface area contributed by atoms with E-state index in [1.54, 1.807) is 41.5 Å². The number of carbonyl (C=O) groups excluding carboxylic acids is 4. The third kappa shape index (κ3) is 8.19. The van der Waals surface area contributed by atoms with Crippen molar-refractivity contribution in [3.05, 3.63) is 0 Å². The van der Waals surface area contributed by atoms with Gasteiger partial charge in [0.15, 0.2) is 0 Å². The summed E-state index contributed by atoms with van der Waals surface area (Å²) in [6.07, 6.45) is 4.16. The van der Waals surface area contributed by atoms with E-state index in [9.17, 15) is 19.2 Å². The maximum absolute atomic E-state index is 13.0. The first-order valence-corrected chi connectivity index (χ1v) is 11.9. The molecule has 9 heteroatoms. The minimum atomic E-state index is -0.718. The van der Waals surface area contributed by atoms with Crippen LogP contribution in [0, 0.1) is 5.92 Å². The maximum atomic E-state index is 13.0. The molecule has 33 heavy (non-hydrogen) atoms. The summed E-state index contributed by atoms with van der Waals surface area (Å²) in [5, 5.41) is 2.84. The Morgan fingerprint density at radius 3 is 2.18 bits per heavy atom. The zero-order valence-electron chi connectivity index (χ0n) is 20.9. The van der Waals surface area contributed by atoms with Gasteiger partial charge in [-0.3, -0.25) is 19.3 Å². The molecule has 1 aliphatic carbocycles. The van der Waals surface area contributed by atoms with E-state index in [1.807, 2.05) is 0 Å². The molecule has 1 heterocycles. The van der Waals surface area contributed by atoms with Crippen molar-refractivity contribution < 1.29 is 33.4 Å². The highest BCUT2D eigenvalue weighted by molar-refractivity contribution is 5.86. The van der Waals surface area contributed by atoms with Crippen LogP contribution in [0.2, 0.25) is 0 Å². The van der Waals surface area contributed by atoms with Crippen LogP contribution in [0.4, 0.5) is 4.79 Å². The van der Waals surface area contributed by atoms with E-state index in [0.29, 0.717) is 38.7 Å². The van der Waals surface area contributed by atoms with Gasteiger partial charge < -0.3 is 19.5 Å². The van der Waals surface area contributed by atoms with Crippen LogP contribution in [0.5, 0.6) is 0 Å². The molecule has 2 amide bonds. The number of nitrogens with one attached hydrogen (secondary N) is 1. The van der Waals surface area contributed by atoms with Crippen molar-refractivity contribution in [3.63, 3.8) is 0 Å². The van der Waals surface area contributed by atoms with E-state index in [4.69, 9.17) is 14.2 Å². The molecule has 0 aromatic rings. The summed E-state index contributed by atoms with van der Waals surface area (Å²) in [5.74, 6) is -1.45. The zero-order valence-corrected chi connectivity index (χ0v) is 20.9. The van der Waals surface area contributed by atoms with E-state index in [0.717, 1.165) is 12.8 Å². The first-order valence-electron chi connectivity index (χ1n) is 11.9. The van der Waals surface area contributed by atoms with Crippen molar-refractivity contribution in [2.45, 2.75) is 109 Å². The molecule has 1 saturated heterocycles. The Labute approximate surface area is 196 Å². The van der Waals surface area contributed by atoms with Gasteiger partial charge in [0.1, 0.15) is 22.8 Å². The molecule has 0 bridgehead atoms. The Kier molecular flexibility index (Phi) is 8.76. The molecule has 2 atom stereocenters. The molecule has 0 unspecified atom stereocenters. The second kappa shape index (κ2) is 10.7. The molecule has 0 aromatic heterocycles. The lowest BCUT2D eigenvalue weighted by atomic mass is 9.88. The Morgan fingerprint density at radius 2 is 1.64 bits per heavy atom. The van der Waals surface area contributed by atoms with Crippen LogP contribution >= 0.6 is 0 Å². The Bertz CT molecular complexity index is 717. The van der Waals surface area contributed by atoms with Crippen LogP contribution in [-0.2, 0) is 28.6 Å². The smallest absolute Gasteiger partial charge is 0.410 e. The van der Waals surface area contributed by atoms with Gasteiger partial charge in [0.05, 0.1) is 5.92 Å². The number of likely N-dealkylation sites (tertiary alicyclic amines) is 1. The van der Waals surface area contributed by atoms with Gasteiger partial charge in [0.25, 0.3) is 6.47 Å². The fourth-order valence-electron chi connectivity index (χ4n) is 4.48. The highest BCUT2D eigenvalue weighted by atomic mass is 16.6. The van der Waals surface area contributed by atoms with Crippen LogP contribution in [0.1, 0.15) is 86.5 Å². The minimum absolute atomic E-state index is 0.0381. The predicted molar refractivity (Wildman–Crippen MR) is 121 cm³/mol. The fraction of sp³-hybridized carbons (Fsp3) is 0.833. The molecule has 0 aromatic carbocycles. The number of rotatable bonds is 8. The first kappa shape index (κ1) is 26.9. The van der Waals surface area contributed by atoms with Gasteiger partial charge in [-0.15, -0.1) is 0 Å². The Hall–Kier alpha value is -2.32. The van der Waals surface area contributed by atoms with Crippen molar-refractivity contribution in [2.75, 3.05) is 13.1 Å². The largest absolute Gasteiger partial charge is 0.461 e. The second-order valence-corrected chi connectivity index (χ2v) is 11.1. The third-order valence-corrected chi connectivity index (χ3v) is 5.88. The summed E-state index contributed by atoms with van der Waals surface area (Å²) in [6, 6.07) is -0.647. The molecule has 2 fully saturated rings. The molecule has 2 aliphatic rings. The number of ether oxygens (including phenoxy) is 3. The van der Waals surface area contributed by atoms with Crippen molar-refractivity contribution in [3.8, 4) is 0 Å². The quantitative estimate of drug-likeness (QED) is 0.330. The molecular formula is C24H40N2O7. The summed E-state index contributed by atoms with van der Waals surface area (Å²) >= 11 is 0. The van der Waals surface area contributed by atoms with Gasteiger partial charge in [-0.25, -0.2) is 4.79 Å². The van der Waals surface area contributed by atoms with E-state index < -0.39 is 40.8 Å². The summed E-state index contributed by atoms with van der Waals surface area (Å²) in [6.45, 7) is 11.6. The average molecular weight is 469 g/mol. The van der Waals surface area contributed by atoms with Crippen molar-refractivity contribution in [1.82, 2.24) is 10.2 Å². The Balaban J connectivity index is 2.09. The summed E-state index contributed by atoms with van der Waals surface area (Å²) in [4.78, 5) is 51.0. The van der Waals surface area contributed by atoms with E-state index in [2.05, 4.69) is 5.32 Å². The molecule has 0 spiro atoms. The van der Waals surface area contributed by atoms with Crippen LogP contribution in [0.3, 0.4) is 0 Å². The molecular weight excluding hydrogens is 428 g/mol. The van der Waals surface area contributed by atoms with Crippen molar-refractivity contribution >= 4 is 24.4 Å². The molecule has 2 rings (SSSR count). The van der Waals surface area contributed by atoms with Crippen molar-refractivity contribution in [1.29, 1.82) is 0 Å². The predicted octanol–water partition coefficient (Wildman–Crippen LogP) is 3.34. The van der Waals surface area contributed by atoms with Crippen LogP contribution in [0.25, 0.3) is 0 Å². The summed E-state index contributed by atoms with van der Waals surface area (Å²) in [7, 11) is 0. The van der Waals surface area contributed by atoms with Gasteiger partial charge in [-0.1, -0.05) is 0 Å². The topological polar surface area (TPSA) is 111 Å². The molecule has 0 radical (unpaired) electrons. The SMILES string of the molecule is CC(C)(C)OC(=O)[C@H](CNC(=O)[C@@H]1CCCN1C(=O)OC(C)(C)C)CC1(OC=O)CCCC1. The normalized spacial score (nSPS) is 21.3. The van der Waals surface area contributed by atoms with Crippen LogP contribution in [0.15, 0.2) is 0 Å². The average Bonchev–Trinajstić information content (AvgIpc) is 3.32. The third-order valence-electron chi connectivity index (χ3n) is 5.88. The molecule has 1 aliphatic heterocycles. The number of hydrogen-bond acceptors (Lipinski definition) is 7. The van der Waals surface area contributed by atoms with Gasteiger partial charge in [-0.05, 0) is 80.1 Å². The fourth-order valence-corrected chi connectivity index (χ4v) is 4.48. The van der Waals surface area contributed by atoms with E-state index in [-0.39, 0.29) is 18.9 Å². The lowest BCUT2D eigenvalue weighted by Crippen LogP contribution is -2.49.